The van der Waals surface area contributed by atoms with Gasteiger partial charge in [-0.2, -0.15) is 0 Å². The van der Waals surface area contributed by atoms with Crippen LogP contribution in [0, 0.1) is 13.5 Å². The van der Waals surface area contributed by atoms with E-state index < -0.39 is 11.5 Å². The largest absolute Gasteiger partial charge is 0.490 e. The highest BCUT2D eigenvalue weighted by Crippen LogP contribution is 2.23. The van der Waals surface area contributed by atoms with Crippen molar-refractivity contribution in [3.63, 3.8) is 0 Å². The molecule has 2 aromatic rings. The summed E-state index contributed by atoms with van der Waals surface area (Å²) in [6.45, 7) is 9.97. The second-order valence-corrected chi connectivity index (χ2v) is 6.02. The third-order valence-electron chi connectivity index (χ3n) is 3.40. The van der Waals surface area contributed by atoms with E-state index in [9.17, 15) is 9.90 Å². The Labute approximate surface area is 145 Å². The van der Waals surface area contributed by atoms with E-state index in [2.05, 4.69) is 10.2 Å². The van der Waals surface area contributed by atoms with Gasteiger partial charge in [0.15, 0.2) is 11.3 Å². The molecule has 0 aliphatic rings. The molecular weight excluding hydrogens is 328 g/mol. The number of carbonyl (C=O) groups excluding carboxylic acids is 1. The molecule has 124 valence electrons. The van der Waals surface area contributed by atoms with Gasteiger partial charge >= 0.3 is 0 Å². The summed E-state index contributed by atoms with van der Waals surface area (Å²) in [5.74, 6) is -0.0869. The highest BCUT2D eigenvalue weighted by molar-refractivity contribution is 6.30. The smallest absolute Gasteiger partial charge is 0.259 e. The van der Waals surface area contributed by atoms with Crippen LogP contribution in [0.4, 0.5) is 11.4 Å². The SMILES string of the molecule is [C-]#[N+]c1ccc(NC(=O)[C@](C)(O)COc2ccc(Cl)cc2)cc1C. The summed E-state index contributed by atoms with van der Waals surface area (Å²) in [5, 5.41) is 13.5. The molecular formula is C18H17ClN2O3. The van der Waals surface area contributed by atoms with Crippen LogP contribution in [0.3, 0.4) is 0 Å². The first-order valence-corrected chi connectivity index (χ1v) is 7.60. The van der Waals surface area contributed by atoms with Gasteiger partial charge in [0.2, 0.25) is 0 Å². The number of carbonyl (C=O) groups is 1. The van der Waals surface area contributed by atoms with Crippen molar-refractivity contribution in [2.24, 2.45) is 0 Å². The number of ether oxygens (including phenoxy) is 1. The molecule has 0 aromatic heterocycles. The van der Waals surface area contributed by atoms with Crippen molar-refractivity contribution < 1.29 is 14.6 Å². The lowest BCUT2D eigenvalue weighted by molar-refractivity contribution is -0.135. The molecule has 0 fully saturated rings. The van der Waals surface area contributed by atoms with E-state index in [-0.39, 0.29) is 6.61 Å². The fourth-order valence-corrected chi connectivity index (χ4v) is 2.07. The van der Waals surface area contributed by atoms with Gasteiger partial charge in [0.25, 0.3) is 5.91 Å². The molecule has 2 rings (SSSR count). The number of anilines is 1. The minimum atomic E-state index is -1.72. The van der Waals surface area contributed by atoms with Crippen LogP contribution in [-0.4, -0.2) is 23.2 Å². The summed E-state index contributed by atoms with van der Waals surface area (Å²) >= 11 is 5.79. The Kier molecular flexibility index (Phi) is 5.45. The van der Waals surface area contributed by atoms with Crippen molar-refractivity contribution in [3.05, 3.63) is 64.5 Å². The predicted molar refractivity (Wildman–Crippen MR) is 93.6 cm³/mol. The molecule has 2 aromatic carbocycles. The molecule has 1 atom stereocenters. The zero-order valence-corrected chi connectivity index (χ0v) is 14.1. The Hall–Kier alpha value is -2.55. The number of benzene rings is 2. The van der Waals surface area contributed by atoms with Gasteiger partial charge in [-0.05, 0) is 55.8 Å². The van der Waals surface area contributed by atoms with Crippen LogP contribution < -0.4 is 10.1 Å². The highest BCUT2D eigenvalue weighted by atomic mass is 35.5. The average Bonchev–Trinajstić information content (AvgIpc) is 2.54. The number of nitrogens with one attached hydrogen (secondary N) is 1. The van der Waals surface area contributed by atoms with Gasteiger partial charge < -0.3 is 15.2 Å². The van der Waals surface area contributed by atoms with Crippen LogP contribution in [-0.2, 0) is 4.79 Å². The second-order valence-electron chi connectivity index (χ2n) is 5.58. The quantitative estimate of drug-likeness (QED) is 0.807. The van der Waals surface area contributed by atoms with E-state index in [1.54, 1.807) is 49.4 Å². The van der Waals surface area contributed by atoms with E-state index in [1.807, 2.05) is 0 Å². The number of hydrogen-bond donors (Lipinski definition) is 2. The minimum absolute atomic E-state index is 0.209. The molecule has 0 saturated heterocycles. The first kappa shape index (κ1) is 17.8. The molecule has 6 heteroatoms. The van der Waals surface area contributed by atoms with E-state index >= 15 is 0 Å². The summed E-state index contributed by atoms with van der Waals surface area (Å²) in [6.07, 6.45) is 0. The molecule has 1 amide bonds. The van der Waals surface area contributed by atoms with Crippen LogP contribution in [0.2, 0.25) is 5.02 Å². The molecule has 0 heterocycles. The van der Waals surface area contributed by atoms with Crippen LogP contribution >= 0.6 is 11.6 Å². The third kappa shape index (κ3) is 4.48. The standard InChI is InChI=1S/C18H17ClN2O3/c1-12-10-14(6-9-16(12)20-3)21-17(22)18(2,23)11-24-15-7-4-13(19)5-8-15/h4-10,23H,11H2,1-2H3,(H,21,22)/t18-/m1/s1. The summed E-state index contributed by atoms with van der Waals surface area (Å²) in [4.78, 5) is 15.6. The van der Waals surface area contributed by atoms with Crippen molar-refractivity contribution in [2.45, 2.75) is 19.4 Å². The predicted octanol–water partition coefficient (Wildman–Crippen LogP) is 3.97. The Morgan fingerprint density at radius 2 is 2.00 bits per heavy atom. The molecule has 0 radical (unpaired) electrons. The van der Waals surface area contributed by atoms with Gasteiger partial charge in [0.1, 0.15) is 12.4 Å². The van der Waals surface area contributed by atoms with E-state index in [0.717, 1.165) is 5.56 Å². The number of aryl methyl sites for hydroxylation is 1. The summed E-state index contributed by atoms with van der Waals surface area (Å²) in [7, 11) is 0. The molecule has 0 aliphatic heterocycles. The van der Waals surface area contributed by atoms with Crippen LogP contribution in [0.25, 0.3) is 4.85 Å². The molecule has 2 N–H and O–H groups in total. The lowest BCUT2D eigenvalue weighted by Crippen LogP contribution is -2.45. The van der Waals surface area contributed by atoms with Crippen molar-refractivity contribution in [1.29, 1.82) is 0 Å². The van der Waals surface area contributed by atoms with Crippen molar-refractivity contribution >= 4 is 28.9 Å². The maximum absolute atomic E-state index is 12.3. The van der Waals surface area contributed by atoms with E-state index in [0.29, 0.717) is 22.1 Å². The molecule has 0 spiro atoms. The fraction of sp³-hybridized carbons (Fsp3) is 0.222. The van der Waals surface area contributed by atoms with Crippen LogP contribution in [0.1, 0.15) is 12.5 Å². The first-order chi connectivity index (χ1) is 11.3. The van der Waals surface area contributed by atoms with Crippen LogP contribution in [0.15, 0.2) is 42.5 Å². The van der Waals surface area contributed by atoms with E-state index in [1.165, 1.54) is 6.92 Å². The van der Waals surface area contributed by atoms with Gasteiger partial charge in [-0.15, -0.1) is 0 Å². The normalized spacial score (nSPS) is 12.8. The number of amides is 1. The van der Waals surface area contributed by atoms with Crippen molar-refractivity contribution in [1.82, 2.24) is 0 Å². The molecule has 0 bridgehead atoms. The Morgan fingerprint density at radius 1 is 1.33 bits per heavy atom. The Morgan fingerprint density at radius 3 is 2.58 bits per heavy atom. The lowest BCUT2D eigenvalue weighted by atomic mass is 10.1. The summed E-state index contributed by atoms with van der Waals surface area (Å²) < 4.78 is 5.44. The number of rotatable bonds is 5. The summed E-state index contributed by atoms with van der Waals surface area (Å²) in [5.41, 5.74) is 0.0637. The monoisotopic (exact) mass is 344 g/mol. The first-order valence-electron chi connectivity index (χ1n) is 7.22. The minimum Gasteiger partial charge on any atom is -0.490 e. The zero-order chi connectivity index (χ0) is 17.7. The summed E-state index contributed by atoms with van der Waals surface area (Å²) in [6, 6.07) is 11.6. The Balaban J connectivity index is 2.00. The molecule has 0 unspecified atom stereocenters. The average molecular weight is 345 g/mol. The van der Waals surface area contributed by atoms with E-state index in [4.69, 9.17) is 22.9 Å². The highest BCUT2D eigenvalue weighted by Gasteiger charge is 2.31. The number of halogens is 1. The number of nitrogens with zero attached hydrogens (tertiary/aromatic N) is 1. The van der Waals surface area contributed by atoms with Gasteiger partial charge in [-0.25, -0.2) is 4.85 Å². The van der Waals surface area contributed by atoms with Gasteiger partial charge in [-0.3, -0.25) is 4.79 Å². The van der Waals surface area contributed by atoms with Gasteiger partial charge in [0.05, 0.1) is 6.57 Å². The topological polar surface area (TPSA) is 62.9 Å². The van der Waals surface area contributed by atoms with Gasteiger partial charge in [-0.1, -0.05) is 17.7 Å². The Bertz CT molecular complexity index is 780. The lowest BCUT2D eigenvalue weighted by Gasteiger charge is -2.22. The number of aliphatic hydroxyl groups is 1. The third-order valence-corrected chi connectivity index (χ3v) is 3.65. The molecule has 0 saturated carbocycles. The molecule has 5 nitrogen and oxygen atoms in total. The number of hydrogen-bond acceptors (Lipinski definition) is 3. The maximum Gasteiger partial charge on any atom is 0.259 e. The van der Waals surface area contributed by atoms with Crippen LogP contribution in [0.5, 0.6) is 5.75 Å². The van der Waals surface area contributed by atoms with Crippen molar-refractivity contribution in [2.75, 3.05) is 11.9 Å². The zero-order valence-electron chi connectivity index (χ0n) is 13.3. The van der Waals surface area contributed by atoms with Crippen molar-refractivity contribution in [3.8, 4) is 5.75 Å². The van der Waals surface area contributed by atoms with Gasteiger partial charge in [0, 0.05) is 10.7 Å². The maximum atomic E-state index is 12.3. The fourth-order valence-electron chi connectivity index (χ4n) is 1.94. The second kappa shape index (κ2) is 7.35. The molecule has 24 heavy (non-hydrogen) atoms. The molecule has 0 aliphatic carbocycles.